The molecule has 0 bridgehead atoms. The van der Waals surface area contributed by atoms with Crippen LogP contribution in [0.15, 0.2) is 53.6 Å². The van der Waals surface area contributed by atoms with Crippen molar-refractivity contribution in [3.8, 4) is 5.75 Å². The zero-order valence-corrected chi connectivity index (χ0v) is 16.0. The van der Waals surface area contributed by atoms with Crippen LogP contribution in [-0.4, -0.2) is 24.1 Å². The van der Waals surface area contributed by atoms with Crippen molar-refractivity contribution in [2.24, 2.45) is 5.10 Å². The van der Waals surface area contributed by atoms with Crippen LogP contribution < -0.4 is 15.5 Å². The average molecular weight is 379 g/mol. The first-order valence-electron chi connectivity index (χ1n) is 9.52. The van der Waals surface area contributed by atoms with Crippen molar-refractivity contribution >= 4 is 23.2 Å². The largest absolute Gasteiger partial charge is 0.484 e. The molecular weight excluding hydrogens is 354 g/mol. The molecule has 0 aliphatic heterocycles. The minimum absolute atomic E-state index is 0.115. The lowest BCUT2D eigenvalue weighted by Crippen LogP contribution is -2.26. The summed E-state index contributed by atoms with van der Waals surface area (Å²) in [4.78, 5) is 24.1. The van der Waals surface area contributed by atoms with Crippen LogP contribution in [-0.2, 0) is 22.4 Å². The summed E-state index contributed by atoms with van der Waals surface area (Å²) >= 11 is 0. The van der Waals surface area contributed by atoms with Crippen LogP contribution in [0.5, 0.6) is 5.75 Å². The Balaban J connectivity index is 1.47. The van der Waals surface area contributed by atoms with Crippen LogP contribution in [0.25, 0.3) is 0 Å². The van der Waals surface area contributed by atoms with Crippen molar-refractivity contribution in [1.29, 1.82) is 0 Å². The SMILES string of the molecule is C/C(CC(=O)Nc1cccc2c1CCCC2)=N/NC(=O)COc1ccccc1. The van der Waals surface area contributed by atoms with Crippen molar-refractivity contribution in [1.82, 2.24) is 5.43 Å². The monoisotopic (exact) mass is 379 g/mol. The number of hydrogen-bond donors (Lipinski definition) is 2. The number of carbonyl (C=O) groups excluding carboxylic acids is 2. The van der Waals surface area contributed by atoms with Crippen LogP contribution in [0.2, 0.25) is 0 Å². The first kappa shape index (κ1) is 19.6. The number of hydrazone groups is 1. The number of ether oxygens (including phenoxy) is 1. The molecule has 1 aliphatic carbocycles. The third kappa shape index (κ3) is 5.67. The lowest BCUT2D eigenvalue weighted by atomic mass is 9.90. The predicted octanol–water partition coefficient (Wildman–Crippen LogP) is 3.47. The summed E-state index contributed by atoms with van der Waals surface area (Å²) in [5, 5.41) is 6.96. The van der Waals surface area contributed by atoms with Crippen LogP contribution >= 0.6 is 0 Å². The highest BCUT2D eigenvalue weighted by Crippen LogP contribution is 2.27. The van der Waals surface area contributed by atoms with E-state index in [1.807, 2.05) is 30.3 Å². The third-order valence-corrected chi connectivity index (χ3v) is 4.57. The van der Waals surface area contributed by atoms with Gasteiger partial charge >= 0.3 is 0 Å². The Morgan fingerprint density at radius 1 is 1.00 bits per heavy atom. The van der Waals surface area contributed by atoms with Crippen molar-refractivity contribution < 1.29 is 14.3 Å². The van der Waals surface area contributed by atoms with Gasteiger partial charge in [-0.25, -0.2) is 5.43 Å². The number of benzene rings is 2. The standard InChI is InChI=1S/C22H25N3O3/c1-16(24-25-22(27)15-28-18-10-3-2-4-11-18)14-21(26)23-20-13-7-9-17-8-5-6-12-19(17)20/h2-4,7,9-11,13H,5-6,8,12,14-15H2,1H3,(H,23,26)(H,25,27)/b24-16-. The number of nitrogens with zero attached hydrogens (tertiary/aromatic N) is 1. The van der Waals surface area contributed by atoms with E-state index in [0.29, 0.717) is 11.5 Å². The van der Waals surface area contributed by atoms with E-state index < -0.39 is 0 Å². The van der Waals surface area contributed by atoms with Gasteiger partial charge in [0.05, 0.1) is 6.42 Å². The van der Waals surface area contributed by atoms with Crippen LogP contribution in [0.1, 0.15) is 37.3 Å². The fraction of sp³-hybridized carbons (Fsp3) is 0.318. The van der Waals surface area contributed by atoms with E-state index in [1.165, 1.54) is 17.5 Å². The number of hydrogen-bond acceptors (Lipinski definition) is 4. The van der Waals surface area contributed by atoms with Gasteiger partial charge < -0.3 is 10.1 Å². The van der Waals surface area contributed by atoms with Crippen molar-refractivity contribution in [2.75, 3.05) is 11.9 Å². The number of carbonyl (C=O) groups is 2. The maximum Gasteiger partial charge on any atom is 0.277 e. The second-order valence-corrected chi connectivity index (χ2v) is 6.86. The summed E-state index contributed by atoms with van der Waals surface area (Å²) < 4.78 is 5.35. The quantitative estimate of drug-likeness (QED) is 0.571. The summed E-state index contributed by atoms with van der Waals surface area (Å²) in [5.41, 5.74) is 6.38. The van der Waals surface area contributed by atoms with Gasteiger partial charge in [-0.1, -0.05) is 30.3 Å². The Hall–Kier alpha value is -3.15. The molecule has 6 heteroatoms. The second kappa shape index (κ2) is 9.69. The Kier molecular flexibility index (Phi) is 6.78. The Labute approximate surface area is 165 Å². The van der Waals surface area contributed by atoms with Crippen molar-refractivity contribution in [3.05, 3.63) is 59.7 Å². The van der Waals surface area contributed by atoms with E-state index >= 15 is 0 Å². The number of amides is 2. The van der Waals surface area contributed by atoms with Gasteiger partial charge in [0.15, 0.2) is 6.61 Å². The maximum absolute atomic E-state index is 12.3. The molecule has 0 fully saturated rings. The highest BCUT2D eigenvalue weighted by Gasteiger charge is 2.14. The number of rotatable bonds is 7. The van der Waals surface area contributed by atoms with E-state index in [1.54, 1.807) is 19.1 Å². The number of nitrogens with one attached hydrogen (secondary N) is 2. The average Bonchev–Trinajstić information content (AvgIpc) is 2.72. The topological polar surface area (TPSA) is 79.8 Å². The van der Waals surface area contributed by atoms with E-state index in [2.05, 4.69) is 21.9 Å². The van der Waals surface area contributed by atoms with E-state index in [9.17, 15) is 9.59 Å². The van der Waals surface area contributed by atoms with Gasteiger partial charge in [-0.15, -0.1) is 0 Å². The van der Waals surface area contributed by atoms with Gasteiger partial charge in [-0.2, -0.15) is 5.10 Å². The molecule has 146 valence electrons. The molecule has 2 aromatic rings. The van der Waals surface area contributed by atoms with Crippen LogP contribution in [0, 0.1) is 0 Å². The van der Waals surface area contributed by atoms with Gasteiger partial charge in [0, 0.05) is 11.4 Å². The predicted molar refractivity (Wildman–Crippen MR) is 110 cm³/mol. The summed E-state index contributed by atoms with van der Waals surface area (Å²) in [6, 6.07) is 15.1. The lowest BCUT2D eigenvalue weighted by Gasteiger charge is -2.19. The fourth-order valence-electron chi connectivity index (χ4n) is 3.22. The second-order valence-electron chi connectivity index (χ2n) is 6.86. The number of fused-ring (bicyclic) bond motifs is 1. The molecule has 0 radical (unpaired) electrons. The van der Waals surface area contributed by atoms with Crippen molar-refractivity contribution in [2.45, 2.75) is 39.0 Å². The molecule has 1 aliphatic rings. The summed E-state index contributed by atoms with van der Waals surface area (Å²) in [5.74, 6) is 0.0969. The molecule has 6 nitrogen and oxygen atoms in total. The molecule has 0 atom stereocenters. The zero-order valence-electron chi connectivity index (χ0n) is 16.0. The van der Waals surface area contributed by atoms with Crippen LogP contribution in [0.4, 0.5) is 5.69 Å². The summed E-state index contributed by atoms with van der Waals surface area (Å²) in [7, 11) is 0. The minimum atomic E-state index is -0.374. The van der Waals surface area contributed by atoms with Gasteiger partial charge in [-0.05, 0) is 61.9 Å². The third-order valence-electron chi connectivity index (χ3n) is 4.57. The number of para-hydroxylation sites is 1. The molecule has 28 heavy (non-hydrogen) atoms. The van der Waals surface area contributed by atoms with Gasteiger partial charge in [0.25, 0.3) is 5.91 Å². The van der Waals surface area contributed by atoms with Gasteiger partial charge in [0.1, 0.15) is 5.75 Å². The molecular formula is C22H25N3O3. The first-order chi connectivity index (χ1) is 13.6. The zero-order chi connectivity index (χ0) is 19.8. The molecule has 0 saturated heterocycles. The Morgan fingerprint density at radius 3 is 2.61 bits per heavy atom. The molecule has 0 heterocycles. The molecule has 2 amide bonds. The first-order valence-corrected chi connectivity index (χ1v) is 9.52. The smallest absolute Gasteiger partial charge is 0.277 e. The number of anilines is 1. The van der Waals surface area contributed by atoms with Gasteiger partial charge in [0.2, 0.25) is 5.91 Å². The van der Waals surface area contributed by atoms with Crippen molar-refractivity contribution in [3.63, 3.8) is 0 Å². The highest BCUT2D eigenvalue weighted by atomic mass is 16.5. The molecule has 2 N–H and O–H groups in total. The van der Waals surface area contributed by atoms with Gasteiger partial charge in [-0.3, -0.25) is 9.59 Å². The van der Waals surface area contributed by atoms with E-state index in [-0.39, 0.29) is 24.8 Å². The summed E-state index contributed by atoms with van der Waals surface area (Å²) in [6.07, 6.45) is 4.53. The molecule has 0 saturated carbocycles. The normalized spacial score (nSPS) is 13.4. The Bertz CT molecular complexity index is 863. The fourth-order valence-corrected chi connectivity index (χ4v) is 3.22. The Morgan fingerprint density at radius 2 is 1.79 bits per heavy atom. The molecule has 0 aromatic heterocycles. The van der Waals surface area contributed by atoms with Crippen LogP contribution in [0.3, 0.4) is 0 Å². The highest BCUT2D eigenvalue weighted by molar-refractivity contribution is 6.06. The molecule has 3 rings (SSSR count). The molecule has 0 spiro atoms. The van der Waals surface area contributed by atoms with E-state index in [0.717, 1.165) is 24.9 Å². The minimum Gasteiger partial charge on any atom is -0.484 e. The molecule has 0 unspecified atom stereocenters. The molecule has 2 aromatic carbocycles. The summed E-state index contributed by atoms with van der Waals surface area (Å²) in [6.45, 7) is 1.57. The maximum atomic E-state index is 12.3. The lowest BCUT2D eigenvalue weighted by molar-refractivity contribution is -0.123. The number of aryl methyl sites for hydroxylation is 1. The van der Waals surface area contributed by atoms with E-state index in [4.69, 9.17) is 4.74 Å².